The van der Waals surface area contributed by atoms with Crippen LogP contribution in [0.5, 0.6) is 5.75 Å². The molecular weight excluding hydrogens is 364 g/mol. The summed E-state index contributed by atoms with van der Waals surface area (Å²) >= 11 is 0. The number of methoxy groups -OCH3 is 1. The predicted octanol–water partition coefficient (Wildman–Crippen LogP) is 3.83. The molecular formula is C20H22N2O6. The van der Waals surface area contributed by atoms with Crippen molar-refractivity contribution in [1.29, 1.82) is 0 Å². The van der Waals surface area contributed by atoms with E-state index in [0.717, 1.165) is 17.2 Å². The summed E-state index contributed by atoms with van der Waals surface area (Å²) in [6.07, 6.45) is 0. The molecule has 0 saturated carbocycles. The average Bonchev–Trinajstić information content (AvgIpc) is 2.66. The van der Waals surface area contributed by atoms with E-state index in [9.17, 15) is 19.7 Å². The molecule has 0 heterocycles. The van der Waals surface area contributed by atoms with Crippen LogP contribution < -0.4 is 10.1 Å². The van der Waals surface area contributed by atoms with Crippen LogP contribution in [0.2, 0.25) is 0 Å². The number of hydrogen-bond acceptors (Lipinski definition) is 6. The van der Waals surface area contributed by atoms with Gasteiger partial charge in [-0.25, -0.2) is 4.79 Å². The molecule has 0 radical (unpaired) electrons. The summed E-state index contributed by atoms with van der Waals surface area (Å²) in [4.78, 5) is 34.4. The van der Waals surface area contributed by atoms with E-state index in [1.54, 1.807) is 0 Å². The standard InChI is InChI=1S/C20H22N2O6/c1-12(2)15-7-5-6-13(3)19(15)21-18(23)11-28-17-9-8-14(20(24)27-4)10-16(17)22(25)26/h5-10,12H,11H2,1-4H3,(H,21,23). The van der Waals surface area contributed by atoms with Gasteiger partial charge in [-0.05, 0) is 36.1 Å². The van der Waals surface area contributed by atoms with Crippen molar-refractivity contribution in [1.82, 2.24) is 0 Å². The smallest absolute Gasteiger partial charge is 0.338 e. The largest absolute Gasteiger partial charge is 0.477 e. The minimum Gasteiger partial charge on any atom is -0.477 e. The van der Waals surface area contributed by atoms with Gasteiger partial charge in [0.1, 0.15) is 0 Å². The lowest BCUT2D eigenvalue weighted by atomic mass is 9.98. The van der Waals surface area contributed by atoms with E-state index in [1.807, 2.05) is 39.0 Å². The minimum absolute atomic E-state index is 0.0208. The van der Waals surface area contributed by atoms with Crippen molar-refractivity contribution in [3.8, 4) is 5.75 Å². The molecule has 2 rings (SSSR count). The van der Waals surface area contributed by atoms with E-state index in [4.69, 9.17) is 4.74 Å². The van der Waals surface area contributed by atoms with Gasteiger partial charge in [0.25, 0.3) is 5.91 Å². The van der Waals surface area contributed by atoms with Crippen LogP contribution in [0, 0.1) is 17.0 Å². The maximum atomic E-state index is 12.3. The van der Waals surface area contributed by atoms with E-state index in [1.165, 1.54) is 19.2 Å². The molecule has 0 fully saturated rings. The molecule has 0 aliphatic rings. The molecule has 148 valence electrons. The van der Waals surface area contributed by atoms with Crippen LogP contribution in [0.25, 0.3) is 0 Å². The number of anilines is 1. The lowest BCUT2D eigenvalue weighted by molar-refractivity contribution is -0.385. The molecule has 8 heteroatoms. The van der Waals surface area contributed by atoms with Crippen LogP contribution in [0.15, 0.2) is 36.4 Å². The summed E-state index contributed by atoms with van der Waals surface area (Å²) in [5, 5.41) is 14.1. The first kappa shape index (κ1) is 20.9. The predicted molar refractivity (Wildman–Crippen MR) is 104 cm³/mol. The number of ether oxygens (including phenoxy) is 2. The van der Waals surface area contributed by atoms with Gasteiger partial charge in [0.05, 0.1) is 17.6 Å². The SMILES string of the molecule is COC(=O)c1ccc(OCC(=O)Nc2c(C)cccc2C(C)C)c([N+](=O)[O-])c1. The fourth-order valence-electron chi connectivity index (χ4n) is 2.69. The van der Waals surface area contributed by atoms with Crippen molar-refractivity contribution in [2.24, 2.45) is 0 Å². The lowest BCUT2D eigenvalue weighted by Gasteiger charge is -2.16. The number of nitro benzene ring substituents is 1. The van der Waals surface area contributed by atoms with Gasteiger partial charge in [-0.3, -0.25) is 14.9 Å². The molecule has 0 aliphatic carbocycles. The molecule has 2 aromatic carbocycles. The number of nitrogens with one attached hydrogen (secondary N) is 1. The van der Waals surface area contributed by atoms with Crippen LogP contribution in [0.4, 0.5) is 11.4 Å². The Kier molecular flexibility index (Phi) is 6.70. The number of aryl methyl sites for hydroxylation is 1. The molecule has 28 heavy (non-hydrogen) atoms. The Morgan fingerprint density at radius 1 is 1.21 bits per heavy atom. The summed E-state index contributed by atoms with van der Waals surface area (Å²) < 4.78 is 9.89. The lowest BCUT2D eigenvalue weighted by Crippen LogP contribution is -2.22. The molecule has 1 N–H and O–H groups in total. The van der Waals surface area contributed by atoms with Crippen molar-refractivity contribution in [3.63, 3.8) is 0 Å². The zero-order valence-corrected chi connectivity index (χ0v) is 16.1. The highest BCUT2D eigenvalue weighted by Crippen LogP contribution is 2.29. The van der Waals surface area contributed by atoms with Gasteiger partial charge >= 0.3 is 11.7 Å². The highest BCUT2D eigenvalue weighted by atomic mass is 16.6. The number of nitrogens with zero attached hydrogens (tertiary/aromatic N) is 1. The Morgan fingerprint density at radius 3 is 2.54 bits per heavy atom. The number of rotatable bonds is 7. The van der Waals surface area contributed by atoms with E-state index in [0.29, 0.717) is 5.69 Å². The maximum absolute atomic E-state index is 12.3. The Labute approximate surface area is 162 Å². The van der Waals surface area contributed by atoms with Gasteiger partial charge < -0.3 is 14.8 Å². The second-order valence-electron chi connectivity index (χ2n) is 6.46. The van der Waals surface area contributed by atoms with Crippen molar-refractivity contribution in [2.75, 3.05) is 19.0 Å². The van der Waals surface area contributed by atoms with Crippen LogP contribution >= 0.6 is 0 Å². The quantitative estimate of drug-likeness (QED) is 0.440. The highest BCUT2D eigenvalue weighted by Gasteiger charge is 2.20. The Balaban J connectivity index is 2.15. The van der Waals surface area contributed by atoms with Crippen molar-refractivity contribution < 1.29 is 24.0 Å². The molecule has 0 bridgehead atoms. The fraction of sp³-hybridized carbons (Fsp3) is 0.300. The van der Waals surface area contributed by atoms with E-state index in [-0.39, 0.29) is 17.2 Å². The van der Waals surface area contributed by atoms with Gasteiger partial charge in [-0.2, -0.15) is 0 Å². The van der Waals surface area contributed by atoms with Crippen LogP contribution in [0.3, 0.4) is 0 Å². The molecule has 0 aliphatic heterocycles. The average molecular weight is 386 g/mol. The molecule has 1 amide bonds. The number of hydrogen-bond donors (Lipinski definition) is 1. The zero-order chi connectivity index (χ0) is 20.8. The maximum Gasteiger partial charge on any atom is 0.338 e. The number of benzene rings is 2. The number of carbonyl (C=O) groups excluding carboxylic acids is 2. The van der Waals surface area contributed by atoms with Gasteiger partial charge in [0.15, 0.2) is 12.4 Å². The molecule has 0 unspecified atom stereocenters. The number of esters is 1. The highest BCUT2D eigenvalue weighted by molar-refractivity contribution is 5.94. The molecule has 0 saturated heterocycles. The van der Waals surface area contributed by atoms with Crippen LogP contribution in [0.1, 0.15) is 41.3 Å². The first-order valence-electron chi connectivity index (χ1n) is 8.63. The van der Waals surface area contributed by atoms with Gasteiger partial charge in [-0.1, -0.05) is 32.0 Å². The van der Waals surface area contributed by atoms with E-state index in [2.05, 4.69) is 10.1 Å². The van der Waals surface area contributed by atoms with E-state index < -0.39 is 29.1 Å². The summed E-state index contributed by atoms with van der Waals surface area (Å²) in [7, 11) is 1.18. The Bertz CT molecular complexity index is 908. The Morgan fingerprint density at radius 2 is 1.93 bits per heavy atom. The number of carbonyl (C=O) groups is 2. The number of para-hydroxylation sites is 1. The summed E-state index contributed by atoms with van der Waals surface area (Å²) in [5.41, 5.74) is 2.21. The third-order valence-electron chi connectivity index (χ3n) is 4.13. The van der Waals surface area contributed by atoms with Gasteiger partial charge in [-0.15, -0.1) is 0 Å². The van der Waals surface area contributed by atoms with E-state index >= 15 is 0 Å². The first-order valence-corrected chi connectivity index (χ1v) is 8.63. The number of nitro groups is 1. The number of amides is 1. The molecule has 0 spiro atoms. The van der Waals surface area contributed by atoms with Crippen molar-refractivity contribution in [2.45, 2.75) is 26.7 Å². The second-order valence-corrected chi connectivity index (χ2v) is 6.46. The third kappa shape index (κ3) is 4.85. The summed E-state index contributed by atoms with van der Waals surface area (Å²) in [6, 6.07) is 9.40. The zero-order valence-electron chi connectivity index (χ0n) is 16.1. The molecule has 2 aromatic rings. The second kappa shape index (κ2) is 8.98. The van der Waals surface area contributed by atoms with Crippen molar-refractivity contribution in [3.05, 3.63) is 63.2 Å². The summed E-state index contributed by atoms with van der Waals surface area (Å²) in [6.45, 7) is 5.52. The normalized spacial score (nSPS) is 10.5. The fourth-order valence-corrected chi connectivity index (χ4v) is 2.69. The molecule has 0 aromatic heterocycles. The third-order valence-corrected chi connectivity index (χ3v) is 4.13. The van der Waals surface area contributed by atoms with Crippen LogP contribution in [-0.2, 0) is 9.53 Å². The van der Waals surface area contributed by atoms with Crippen molar-refractivity contribution >= 4 is 23.3 Å². The van der Waals surface area contributed by atoms with Crippen LogP contribution in [-0.4, -0.2) is 30.5 Å². The van der Waals surface area contributed by atoms with Gasteiger partial charge in [0, 0.05) is 11.8 Å². The molecule has 0 atom stereocenters. The topological polar surface area (TPSA) is 108 Å². The Hall–Kier alpha value is -3.42. The van der Waals surface area contributed by atoms with Gasteiger partial charge in [0.2, 0.25) is 0 Å². The summed E-state index contributed by atoms with van der Waals surface area (Å²) in [5.74, 6) is -1.04. The monoisotopic (exact) mass is 386 g/mol. The minimum atomic E-state index is -0.701. The first-order chi connectivity index (χ1) is 13.2. The molecule has 8 nitrogen and oxygen atoms in total.